The standard InChI is InChI=1S/C15H30N2O2S/c1-5-15(4)11-17(14(10-16-15)12(2)3)13-6-8-20(18,19)9-7-13/h12-14,16H,5-11H2,1-4H3. The Bertz CT molecular complexity index is 421. The van der Waals surface area contributed by atoms with Crippen LogP contribution in [0.25, 0.3) is 0 Å². The lowest BCUT2D eigenvalue weighted by Gasteiger charge is -2.51. The van der Waals surface area contributed by atoms with Crippen molar-refractivity contribution in [3.8, 4) is 0 Å². The van der Waals surface area contributed by atoms with E-state index in [0.717, 1.165) is 32.4 Å². The number of sulfone groups is 1. The molecule has 0 aromatic rings. The SMILES string of the molecule is CCC1(C)CN(C2CCS(=O)(=O)CC2)C(C(C)C)CN1. The van der Waals surface area contributed by atoms with Crippen molar-refractivity contribution >= 4 is 9.84 Å². The summed E-state index contributed by atoms with van der Waals surface area (Å²) in [6.45, 7) is 11.1. The van der Waals surface area contributed by atoms with Crippen molar-refractivity contribution in [3.63, 3.8) is 0 Å². The number of nitrogens with zero attached hydrogens (tertiary/aromatic N) is 1. The summed E-state index contributed by atoms with van der Waals surface area (Å²) in [5, 5.41) is 3.70. The number of hydrogen-bond donors (Lipinski definition) is 1. The molecule has 0 aromatic carbocycles. The molecule has 2 saturated heterocycles. The normalized spacial score (nSPS) is 36.4. The van der Waals surface area contributed by atoms with Gasteiger partial charge in [0.15, 0.2) is 0 Å². The molecular formula is C15H30N2O2S. The second-order valence-electron chi connectivity index (χ2n) is 7.16. The Morgan fingerprint density at radius 1 is 1.30 bits per heavy atom. The topological polar surface area (TPSA) is 49.4 Å². The Kier molecular flexibility index (Phi) is 4.82. The Hall–Kier alpha value is -0.130. The maximum absolute atomic E-state index is 11.6. The van der Waals surface area contributed by atoms with Crippen LogP contribution in [0.5, 0.6) is 0 Å². The zero-order chi connectivity index (χ0) is 15.0. The van der Waals surface area contributed by atoms with Crippen molar-refractivity contribution in [2.24, 2.45) is 5.92 Å². The van der Waals surface area contributed by atoms with Gasteiger partial charge in [0.25, 0.3) is 0 Å². The highest BCUT2D eigenvalue weighted by molar-refractivity contribution is 7.91. The van der Waals surface area contributed by atoms with E-state index in [4.69, 9.17) is 0 Å². The van der Waals surface area contributed by atoms with Gasteiger partial charge in [0.2, 0.25) is 0 Å². The van der Waals surface area contributed by atoms with Crippen molar-refractivity contribution in [3.05, 3.63) is 0 Å². The average molecular weight is 302 g/mol. The predicted molar refractivity (Wildman–Crippen MR) is 83.7 cm³/mol. The van der Waals surface area contributed by atoms with Gasteiger partial charge in [-0.05, 0) is 32.1 Å². The minimum absolute atomic E-state index is 0.168. The van der Waals surface area contributed by atoms with Gasteiger partial charge >= 0.3 is 0 Å². The molecule has 4 nitrogen and oxygen atoms in total. The van der Waals surface area contributed by atoms with Crippen LogP contribution in [0.2, 0.25) is 0 Å². The summed E-state index contributed by atoms with van der Waals surface area (Å²) in [5.41, 5.74) is 0.168. The average Bonchev–Trinajstić information content (AvgIpc) is 2.38. The molecule has 2 rings (SSSR count). The van der Waals surface area contributed by atoms with Crippen LogP contribution in [-0.2, 0) is 9.84 Å². The highest BCUT2D eigenvalue weighted by Crippen LogP contribution is 2.29. The Morgan fingerprint density at radius 3 is 2.40 bits per heavy atom. The lowest BCUT2D eigenvalue weighted by atomic mass is 9.88. The second kappa shape index (κ2) is 5.93. The Morgan fingerprint density at radius 2 is 1.90 bits per heavy atom. The molecule has 2 aliphatic rings. The lowest BCUT2D eigenvalue weighted by molar-refractivity contribution is 0.0210. The molecule has 118 valence electrons. The summed E-state index contributed by atoms with van der Waals surface area (Å²) in [5.74, 6) is 1.34. The second-order valence-corrected chi connectivity index (χ2v) is 9.47. The molecule has 2 atom stereocenters. The molecule has 5 heteroatoms. The highest BCUT2D eigenvalue weighted by Gasteiger charge is 2.40. The third kappa shape index (κ3) is 3.55. The van der Waals surface area contributed by atoms with Crippen molar-refractivity contribution in [1.82, 2.24) is 10.2 Å². The molecule has 0 radical (unpaired) electrons. The molecular weight excluding hydrogens is 272 g/mol. The summed E-state index contributed by atoms with van der Waals surface area (Å²) in [4.78, 5) is 2.61. The Labute approximate surface area is 124 Å². The molecule has 0 aliphatic carbocycles. The van der Waals surface area contributed by atoms with Crippen LogP contribution in [-0.4, -0.2) is 55.5 Å². The first-order valence-electron chi connectivity index (χ1n) is 7.97. The van der Waals surface area contributed by atoms with E-state index in [2.05, 4.69) is 37.9 Å². The predicted octanol–water partition coefficient (Wildman–Crippen LogP) is 1.66. The minimum atomic E-state index is -2.77. The molecule has 0 amide bonds. The first kappa shape index (κ1) is 16.2. The fourth-order valence-electron chi connectivity index (χ4n) is 3.51. The monoisotopic (exact) mass is 302 g/mol. The molecule has 2 aliphatic heterocycles. The summed E-state index contributed by atoms with van der Waals surface area (Å²) in [6.07, 6.45) is 2.73. The number of nitrogens with one attached hydrogen (secondary N) is 1. The van der Waals surface area contributed by atoms with E-state index in [0.29, 0.717) is 29.5 Å². The van der Waals surface area contributed by atoms with Crippen LogP contribution in [0.3, 0.4) is 0 Å². The smallest absolute Gasteiger partial charge is 0.150 e. The number of piperazine rings is 1. The van der Waals surface area contributed by atoms with Gasteiger partial charge in [-0.1, -0.05) is 20.8 Å². The Balaban J connectivity index is 2.12. The van der Waals surface area contributed by atoms with Gasteiger partial charge in [0.1, 0.15) is 9.84 Å². The summed E-state index contributed by atoms with van der Waals surface area (Å²) >= 11 is 0. The first-order valence-corrected chi connectivity index (χ1v) is 9.80. The third-order valence-corrected chi connectivity index (χ3v) is 6.95. The van der Waals surface area contributed by atoms with Gasteiger partial charge in [0.05, 0.1) is 11.5 Å². The molecule has 0 aromatic heterocycles. The van der Waals surface area contributed by atoms with Crippen LogP contribution in [0.1, 0.15) is 47.0 Å². The van der Waals surface area contributed by atoms with Crippen LogP contribution < -0.4 is 5.32 Å². The van der Waals surface area contributed by atoms with E-state index in [9.17, 15) is 8.42 Å². The summed E-state index contributed by atoms with van der Waals surface area (Å²) < 4.78 is 23.3. The molecule has 0 saturated carbocycles. The quantitative estimate of drug-likeness (QED) is 0.861. The zero-order valence-electron chi connectivity index (χ0n) is 13.4. The van der Waals surface area contributed by atoms with Crippen molar-refractivity contribution < 1.29 is 8.42 Å². The molecule has 0 bridgehead atoms. The molecule has 1 N–H and O–H groups in total. The van der Waals surface area contributed by atoms with E-state index in [1.165, 1.54) is 0 Å². The fraction of sp³-hybridized carbons (Fsp3) is 1.00. The fourth-order valence-corrected chi connectivity index (χ4v) is 4.98. The largest absolute Gasteiger partial charge is 0.309 e. The molecule has 2 unspecified atom stereocenters. The first-order chi connectivity index (χ1) is 9.26. The van der Waals surface area contributed by atoms with E-state index in [-0.39, 0.29) is 5.54 Å². The molecule has 2 heterocycles. The van der Waals surface area contributed by atoms with E-state index in [1.54, 1.807) is 0 Å². The van der Waals surface area contributed by atoms with Gasteiger partial charge in [-0.2, -0.15) is 0 Å². The summed E-state index contributed by atoms with van der Waals surface area (Å²) in [7, 11) is -2.77. The summed E-state index contributed by atoms with van der Waals surface area (Å²) in [6, 6.07) is 0.972. The maximum atomic E-state index is 11.6. The van der Waals surface area contributed by atoms with Crippen LogP contribution in [0.4, 0.5) is 0 Å². The third-order valence-electron chi connectivity index (χ3n) is 5.24. The van der Waals surface area contributed by atoms with Crippen molar-refractivity contribution in [2.75, 3.05) is 24.6 Å². The molecule has 2 fully saturated rings. The van der Waals surface area contributed by atoms with Gasteiger partial charge in [-0.25, -0.2) is 8.42 Å². The number of hydrogen-bond acceptors (Lipinski definition) is 4. The van der Waals surface area contributed by atoms with Crippen LogP contribution in [0.15, 0.2) is 0 Å². The molecule has 20 heavy (non-hydrogen) atoms. The lowest BCUT2D eigenvalue weighted by Crippen LogP contribution is -2.66. The molecule has 0 spiro atoms. The zero-order valence-corrected chi connectivity index (χ0v) is 14.2. The maximum Gasteiger partial charge on any atom is 0.150 e. The van der Waals surface area contributed by atoms with Gasteiger partial charge < -0.3 is 5.32 Å². The van der Waals surface area contributed by atoms with Crippen LogP contribution in [0, 0.1) is 5.92 Å². The van der Waals surface area contributed by atoms with Crippen LogP contribution >= 0.6 is 0 Å². The van der Waals surface area contributed by atoms with Gasteiger partial charge in [-0.3, -0.25) is 4.90 Å². The van der Waals surface area contributed by atoms with Crippen molar-refractivity contribution in [1.29, 1.82) is 0 Å². The van der Waals surface area contributed by atoms with E-state index >= 15 is 0 Å². The van der Waals surface area contributed by atoms with E-state index < -0.39 is 9.84 Å². The van der Waals surface area contributed by atoms with Crippen molar-refractivity contribution in [2.45, 2.75) is 64.6 Å². The highest BCUT2D eigenvalue weighted by atomic mass is 32.2. The van der Waals surface area contributed by atoms with Gasteiger partial charge in [-0.15, -0.1) is 0 Å². The van der Waals surface area contributed by atoms with E-state index in [1.807, 2.05) is 0 Å². The minimum Gasteiger partial charge on any atom is -0.309 e. The number of rotatable bonds is 3. The van der Waals surface area contributed by atoms with Gasteiger partial charge in [0, 0.05) is 30.7 Å².